The van der Waals surface area contributed by atoms with Crippen LogP contribution < -0.4 is 10.6 Å². The van der Waals surface area contributed by atoms with E-state index in [9.17, 15) is 20.0 Å². The van der Waals surface area contributed by atoms with Gasteiger partial charge in [-0.25, -0.2) is 0 Å². The number of anilines is 1. The monoisotopic (exact) mass is 331 g/mol. The van der Waals surface area contributed by atoms with E-state index in [0.29, 0.717) is 5.56 Å². The number of non-ortho nitro benzene ring substituents is 1. The summed E-state index contributed by atoms with van der Waals surface area (Å²) in [5.41, 5.74) is 1.18. The molecule has 0 saturated heterocycles. The molecule has 0 saturated carbocycles. The third kappa shape index (κ3) is 4.24. The second-order valence-corrected chi connectivity index (χ2v) is 5.14. The molecule has 3 N–H and O–H groups in total. The predicted molar refractivity (Wildman–Crippen MR) is 89.6 cm³/mol. The molecule has 0 spiro atoms. The van der Waals surface area contributed by atoms with Crippen LogP contribution in [0.5, 0.6) is 5.75 Å². The number of nitrogens with one attached hydrogen (secondary N) is 2. The number of aryl methyl sites for hydroxylation is 1. The lowest BCUT2D eigenvalue weighted by Gasteiger charge is -2.11. The molecular weight excluding hydrogens is 318 g/mol. The number of nitro groups is 1. The van der Waals surface area contributed by atoms with Crippen LogP contribution in [-0.4, -0.2) is 21.0 Å². The fraction of sp³-hybridized carbons (Fsp3) is 0.0667. The summed E-state index contributed by atoms with van der Waals surface area (Å²) >= 11 is 4.99. The number of rotatable bonds is 3. The number of amides is 1. The molecule has 2 aromatic carbocycles. The third-order valence-electron chi connectivity index (χ3n) is 2.95. The van der Waals surface area contributed by atoms with Gasteiger partial charge in [0.15, 0.2) is 5.11 Å². The smallest absolute Gasteiger partial charge is 0.271 e. The highest BCUT2D eigenvalue weighted by molar-refractivity contribution is 7.80. The Labute approximate surface area is 137 Å². The average Bonchev–Trinajstić information content (AvgIpc) is 2.49. The third-order valence-corrected chi connectivity index (χ3v) is 3.15. The zero-order valence-corrected chi connectivity index (χ0v) is 12.9. The number of aromatic hydroxyl groups is 1. The van der Waals surface area contributed by atoms with Crippen LogP contribution in [-0.2, 0) is 0 Å². The van der Waals surface area contributed by atoms with Gasteiger partial charge in [0.25, 0.3) is 11.6 Å². The van der Waals surface area contributed by atoms with Crippen LogP contribution in [0.15, 0.2) is 42.5 Å². The topological polar surface area (TPSA) is 104 Å². The fourth-order valence-corrected chi connectivity index (χ4v) is 2.06. The number of phenols is 1. The molecule has 2 aromatic rings. The van der Waals surface area contributed by atoms with Gasteiger partial charge < -0.3 is 10.4 Å². The lowest BCUT2D eigenvalue weighted by molar-refractivity contribution is -0.384. The first-order valence-corrected chi connectivity index (χ1v) is 6.94. The number of thiocarbonyl (C=S) groups is 1. The van der Waals surface area contributed by atoms with Crippen molar-refractivity contribution in [3.05, 3.63) is 63.7 Å². The molecular formula is C15H13N3O4S. The largest absolute Gasteiger partial charge is 0.506 e. The minimum Gasteiger partial charge on any atom is -0.506 e. The van der Waals surface area contributed by atoms with Crippen LogP contribution in [0.2, 0.25) is 0 Å². The number of nitrogens with zero attached hydrogens (tertiary/aromatic N) is 1. The van der Waals surface area contributed by atoms with Crippen molar-refractivity contribution in [1.29, 1.82) is 0 Å². The van der Waals surface area contributed by atoms with Crippen LogP contribution in [0.1, 0.15) is 15.9 Å². The van der Waals surface area contributed by atoms with Crippen molar-refractivity contribution < 1.29 is 14.8 Å². The Balaban J connectivity index is 2.09. The van der Waals surface area contributed by atoms with Crippen LogP contribution in [0.4, 0.5) is 11.4 Å². The molecule has 0 bridgehead atoms. The van der Waals surface area contributed by atoms with Crippen LogP contribution in [0, 0.1) is 17.0 Å². The zero-order valence-electron chi connectivity index (χ0n) is 12.1. The van der Waals surface area contributed by atoms with E-state index >= 15 is 0 Å². The molecule has 0 radical (unpaired) electrons. The summed E-state index contributed by atoms with van der Waals surface area (Å²) in [6.45, 7) is 1.86. The first kappa shape index (κ1) is 16.4. The van der Waals surface area contributed by atoms with Gasteiger partial charge in [0.2, 0.25) is 0 Å². The molecule has 0 heterocycles. The standard InChI is InChI=1S/C15H13N3O4S/c1-9-3-2-4-10(7-9)14(20)17-15(23)16-12-8-11(18(21)22)5-6-13(12)19/h2-8,19H,1H3,(H2,16,17,20,23). The minimum atomic E-state index is -0.598. The quantitative estimate of drug-likeness (QED) is 0.346. The lowest BCUT2D eigenvalue weighted by atomic mass is 10.1. The molecule has 2 rings (SSSR count). The summed E-state index contributed by atoms with van der Waals surface area (Å²) < 4.78 is 0. The average molecular weight is 331 g/mol. The lowest BCUT2D eigenvalue weighted by Crippen LogP contribution is -2.34. The maximum Gasteiger partial charge on any atom is 0.271 e. The van der Waals surface area contributed by atoms with E-state index in [4.69, 9.17) is 12.2 Å². The van der Waals surface area contributed by atoms with E-state index in [0.717, 1.165) is 17.7 Å². The highest BCUT2D eigenvalue weighted by atomic mass is 32.1. The molecule has 0 aliphatic rings. The van der Waals surface area contributed by atoms with Crippen molar-refractivity contribution in [2.75, 3.05) is 5.32 Å². The Morgan fingerprint density at radius 1 is 1.26 bits per heavy atom. The maximum absolute atomic E-state index is 12.0. The normalized spacial score (nSPS) is 9.96. The fourth-order valence-electron chi connectivity index (χ4n) is 1.85. The second-order valence-electron chi connectivity index (χ2n) is 4.74. The van der Waals surface area contributed by atoms with E-state index in [2.05, 4.69) is 10.6 Å². The number of nitro benzene ring substituents is 1. The Morgan fingerprint density at radius 3 is 2.65 bits per heavy atom. The SMILES string of the molecule is Cc1cccc(C(=O)NC(=S)Nc2cc([N+](=O)[O-])ccc2O)c1. The molecule has 0 aliphatic carbocycles. The van der Waals surface area contributed by atoms with Gasteiger partial charge >= 0.3 is 0 Å². The van der Waals surface area contributed by atoms with Crippen molar-refractivity contribution in [3.8, 4) is 5.75 Å². The van der Waals surface area contributed by atoms with Gasteiger partial charge in [-0.1, -0.05) is 17.7 Å². The molecule has 0 aliphatic heterocycles. The molecule has 0 aromatic heterocycles. The molecule has 118 valence electrons. The van der Waals surface area contributed by atoms with E-state index in [1.165, 1.54) is 6.07 Å². The Morgan fingerprint density at radius 2 is 2.00 bits per heavy atom. The molecule has 0 atom stereocenters. The Bertz CT molecular complexity index is 792. The predicted octanol–water partition coefficient (Wildman–Crippen LogP) is 2.74. The molecule has 23 heavy (non-hydrogen) atoms. The van der Waals surface area contributed by atoms with Gasteiger partial charge in [-0.2, -0.15) is 0 Å². The van der Waals surface area contributed by atoms with Crippen LogP contribution in [0.25, 0.3) is 0 Å². The van der Waals surface area contributed by atoms with Gasteiger partial charge in [0.1, 0.15) is 5.75 Å². The molecule has 0 unspecified atom stereocenters. The van der Waals surface area contributed by atoms with Crippen LogP contribution in [0.3, 0.4) is 0 Å². The Hall–Kier alpha value is -3.00. The number of hydrogen-bond acceptors (Lipinski definition) is 5. The number of hydrogen-bond donors (Lipinski definition) is 3. The van der Waals surface area contributed by atoms with Crippen molar-refractivity contribution in [3.63, 3.8) is 0 Å². The minimum absolute atomic E-state index is 0.0359. The summed E-state index contributed by atoms with van der Waals surface area (Å²) in [6, 6.07) is 10.4. The van der Waals surface area contributed by atoms with Gasteiger partial charge in [-0.3, -0.25) is 20.2 Å². The van der Waals surface area contributed by atoms with Gasteiger partial charge in [0.05, 0.1) is 10.6 Å². The highest BCUT2D eigenvalue weighted by Crippen LogP contribution is 2.27. The molecule has 8 heteroatoms. The van der Waals surface area contributed by atoms with Gasteiger partial charge in [0, 0.05) is 17.7 Å². The number of phenolic OH excluding ortho intramolecular Hbond substituents is 1. The zero-order chi connectivity index (χ0) is 17.0. The molecule has 1 amide bonds. The van der Waals surface area contributed by atoms with E-state index in [1.807, 2.05) is 13.0 Å². The molecule has 0 fully saturated rings. The summed E-state index contributed by atoms with van der Waals surface area (Å²) in [5, 5.41) is 25.4. The summed E-state index contributed by atoms with van der Waals surface area (Å²) in [6.07, 6.45) is 0. The summed E-state index contributed by atoms with van der Waals surface area (Å²) in [7, 11) is 0. The first-order chi connectivity index (χ1) is 10.9. The van der Waals surface area contributed by atoms with E-state index in [1.54, 1.807) is 18.2 Å². The summed E-state index contributed by atoms with van der Waals surface area (Å²) in [4.78, 5) is 22.2. The van der Waals surface area contributed by atoms with E-state index < -0.39 is 10.8 Å². The number of carbonyl (C=O) groups is 1. The van der Waals surface area contributed by atoms with Crippen molar-refractivity contribution in [2.45, 2.75) is 6.92 Å². The Kier molecular flexibility index (Phi) is 4.87. The first-order valence-electron chi connectivity index (χ1n) is 6.53. The maximum atomic E-state index is 12.0. The van der Waals surface area contributed by atoms with Crippen molar-refractivity contribution in [1.82, 2.24) is 5.32 Å². The van der Waals surface area contributed by atoms with Crippen molar-refractivity contribution in [2.24, 2.45) is 0 Å². The van der Waals surface area contributed by atoms with Crippen LogP contribution >= 0.6 is 12.2 Å². The van der Waals surface area contributed by atoms with Crippen molar-refractivity contribution >= 4 is 34.6 Å². The molecule has 7 nitrogen and oxygen atoms in total. The van der Waals surface area contributed by atoms with Gasteiger partial charge in [-0.15, -0.1) is 0 Å². The highest BCUT2D eigenvalue weighted by Gasteiger charge is 2.13. The summed E-state index contributed by atoms with van der Waals surface area (Å²) in [5.74, 6) is -0.640. The van der Waals surface area contributed by atoms with Gasteiger partial charge in [-0.05, 0) is 37.3 Å². The number of benzene rings is 2. The van der Waals surface area contributed by atoms with E-state index in [-0.39, 0.29) is 22.2 Å². The number of carbonyl (C=O) groups excluding carboxylic acids is 1. The second kappa shape index (κ2) is 6.84.